The fraction of sp³-hybridized carbons (Fsp3) is 0.333. The summed E-state index contributed by atoms with van der Waals surface area (Å²) in [4.78, 5) is 1.61. The minimum Gasteiger partial charge on any atom is -0.368 e. The molecule has 1 aliphatic rings. The van der Waals surface area contributed by atoms with Crippen molar-refractivity contribution in [3.8, 4) is 0 Å². The van der Waals surface area contributed by atoms with Gasteiger partial charge in [0.2, 0.25) is 0 Å². The Morgan fingerprint density at radius 1 is 1.48 bits per heavy atom. The van der Waals surface area contributed by atoms with E-state index >= 15 is 0 Å². The SMILES string of the molecule is C=C1C=CC(Cl)=NN1/C(SN=CN(C)C)=C(\C)C(F)(F)F. The zero-order valence-corrected chi connectivity index (χ0v) is 13.2. The Hall–Kier alpha value is -1.41. The molecule has 0 N–H and O–H groups in total. The van der Waals surface area contributed by atoms with Crippen LogP contribution in [0, 0.1) is 0 Å². The van der Waals surface area contributed by atoms with Crippen LogP contribution in [0.15, 0.2) is 44.5 Å². The lowest BCUT2D eigenvalue weighted by Gasteiger charge is -2.25. The lowest BCUT2D eigenvalue weighted by molar-refractivity contribution is -0.0925. The molecular weight excluding hydrogens is 325 g/mol. The highest BCUT2D eigenvalue weighted by Crippen LogP contribution is 2.37. The standard InChI is InChI=1S/C12H14ClF3N4S/c1-8-5-6-10(13)18-20(8)11(9(2)12(14,15)16)21-17-7-19(3)4/h5-7H,1H2,2-4H3/b11-9-,17-7?. The van der Waals surface area contributed by atoms with Crippen LogP contribution in [0.1, 0.15) is 6.92 Å². The van der Waals surface area contributed by atoms with Gasteiger partial charge in [0.1, 0.15) is 10.2 Å². The summed E-state index contributed by atoms with van der Waals surface area (Å²) in [5.41, 5.74) is -0.557. The first-order chi connectivity index (χ1) is 9.62. The molecular formula is C12H14ClF3N4S. The highest BCUT2D eigenvalue weighted by molar-refractivity contribution is 8.01. The summed E-state index contributed by atoms with van der Waals surface area (Å²) in [5, 5.41) is 4.75. The predicted molar refractivity (Wildman–Crippen MR) is 81.9 cm³/mol. The second kappa shape index (κ2) is 7.04. The van der Waals surface area contributed by atoms with Crippen LogP contribution in [0.5, 0.6) is 0 Å². The molecule has 0 radical (unpaired) electrons. The van der Waals surface area contributed by atoms with Crippen molar-refractivity contribution >= 4 is 35.1 Å². The van der Waals surface area contributed by atoms with E-state index in [1.165, 1.54) is 18.5 Å². The van der Waals surface area contributed by atoms with Gasteiger partial charge in [0.05, 0.1) is 17.6 Å². The van der Waals surface area contributed by atoms with E-state index in [9.17, 15) is 13.2 Å². The van der Waals surface area contributed by atoms with Crippen LogP contribution in [-0.4, -0.2) is 41.7 Å². The summed E-state index contributed by atoms with van der Waals surface area (Å²) in [6.45, 7) is 4.62. The Morgan fingerprint density at radius 2 is 2.10 bits per heavy atom. The third kappa shape index (κ3) is 5.13. The lowest BCUT2D eigenvalue weighted by Crippen LogP contribution is -2.22. The second-order valence-corrected chi connectivity index (χ2v) is 5.43. The van der Waals surface area contributed by atoms with Crippen molar-refractivity contribution < 1.29 is 13.2 Å². The predicted octanol–water partition coefficient (Wildman–Crippen LogP) is 3.96. The van der Waals surface area contributed by atoms with Gasteiger partial charge in [-0.3, -0.25) is 0 Å². The van der Waals surface area contributed by atoms with Crippen molar-refractivity contribution in [2.45, 2.75) is 13.1 Å². The summed E-state index contributed by atoms with van der Waals surface area (Å²) in [5.74, 6) is 0. The average Bonchev–Trinajstić information content (AvgIpc) is 2.36. The molecule has 21 heavy (non-hydrogen) atoms. The number of nitrogens with zero attached hydrogens (tertiary/aromatic N) is 4. The molecule has 0 aromatic rings. The molecule has 0 atom stereocenters. The molecule has 0 aliphatic carbocycles. The molecule has 1 heterocycles. The smallest absolute Gasteiger partial charge is 0.368 e. The molecule has 1 aliphatic heterocycles. The quantitative estimate of drug-likeness (QED) is 0.442. The van der Waals surface area contributed by atoms with Gasteiger partial charge in [-0.05, 0) is 19.1 Å². The molecule has 4 nitrogen and oxygen atoms in total. The van der Waals surface area contributed by atoms with E-state index in [-0.39, 0.29) is 15.9 Å². The molecule has 1 rings (SSSR count). The van der Waals surface area contributed by atoms with Gasteiger partial charge in [0, 0.05) is 26.0 Å². The zero-order chi connectivity index (χ0) is 16.2. The number of halogens is 4. The summed E-state index contributed by atoms with van der Waals surface area (Å²) < 4.78 is 42.8. The van der Waals surface area contributed by atoms with Crippen LogP contribution in [0.25, 0.3) is 0 Å². The second-order valence-electron chi connectivity index (χ2n) is 4.26. The van der Waals surface area contributed by atoms with Crippen molar-refractivity contribution in [3.05, 3.63) is 35.0 Å². The first-order valence-electron chi connectivity index (χ1n) is 5.69. The minimum atomic E-state index is -4.50. The van der Waals surface area contributed by atoms with Crippen LogP contribution < -0.4 is 0 Å². The van der Waals surface area contributed by atoms with Gasteiger partial charge in [-0.1, -0.05) is 18.2 Å². The van der Waals surface area contributed by atoms with Crippen molar-refractivity contribution in [2.24, 2.45) is 9.50 Å². The third-order valence-electron chi connectivity index (χ3n) is 2.24. The molecule has 9 heteroatoms. The van der Waals surface area contributed by atoms with Crippen LogP contribution in [-0.2, 0) is 0 Å². The number of hydrogen-bond acceptors (Lipinski definition) is 4. The fourth-order valence-electron chi connectivity index (χ4n) is 1.16. The molecule has 0 bridgehead atoms. The number of hydrogen-bond donors (Lipinski definition) is 0. The summed E-state index contributed by atoms with van der Waals surface area (Å²) in [7, 11) is 3.42. The molecule has 0 aromatic carbocycles. The highest BCUT2D eigenvalue weighted by Gasteiger charge is 2.35. The molecule has 0 amide bonds. The number of alkyl halides is 3. The molecule has 0 saturated carbocycles. The van der Waals surface area contributed by atoms with Gasteiger partial charge < -0.3 is 4.90 Å². The summed E-state index contributed by atoms with van der Waals surface area (Å²) in [6.07, 6.45) is -0.175. The highest BCUT2D eigenvalue weighted by atomic mass is 35.5. The zero-order valence-electron chi connectivity index (χ0n) is 11.6. The maximum atomic E-state index is 13.0. The van der Waals surface area contributed by atoms with E-state index < -0.39 is 11.7 Å². The van der Waals surface area contributed by atoms with Crippen molar-refractivity contribution in [2.75, 3.05) is 14.1 Å². The van der Waals surface area contributed by atoms with Crippen LogP contribution in [0.4, 0.5) is 13.2 Å². The first-order valence-corrected chi connectivity index (χ1v) is 6.84. The Morgan fingerprint density at radius 3 is 2.62 bits per heavy atom. The maximum absolute atomic E-state index is 13.0. The van der Waals surface area contributed by atoms with E-state index in [0.29, 0.717) is 11.9 Å². The largest absolute Gasteiger partial charge is 0.415 e. The fourth-order valence-corrected chi connectivity index (χ4v) is 2.12. The monoisotopic (exact) mass is 338 g/mol. The van der Waals surface area contributed by atoms with Crippen LogP contribution in [0.3, 0.4) is 0 Å². The van der Waals surface area contributed by atoms with Gasteiger partial charge in [-0.25, -0.2) is 9.41 Å². The van der Waals surface area contributed by atoms with E-state index in [1.807, 2.05) is 0 Å². The third-order valence-corrected chi connectivity index (χ3v) is 3.29. The summed E-state index contributed by atoms with van der Waals surface area (Å²) >= 11 is 6.39. The van der Waals surface area contributed by atoms with Crippen LogP contribution >= 0.6 is 23.5 Å². The first kappa shape index (κ1) is 17.6. The average molecular weight is 339 g/mol. The maximum Gasteiger partial charge on any atom is 0.415 e. The van der Waals surface area contributed by atoms with Gasteiger partial charge in [-0.15, -0.1) is 0 Å². The van der Waals surface area contributed by atoms with Crippen molar-refractivity contribution in [3.63, 3.8) is 0 Å². The number of hydrazone groups is 1. The van der Waals surface area contributed by atoms with E-state index in [4.69, 9.17) is 11.6 Å². The van der Waals surface area contributed by atoms with Gasteiger partial charge in [0.15, 0.2) is 0 Å². The minimum absolute atomic E-state index is 0.0621. The number of allylic oxidation sites excluding steroid dienone is 3. The molecule has 0 saturated heterocycles. The van der Waals surface area contributed by atoms with E-state index in [1.54, 1.807) is 19.0 Å². The molecule has 0 fully saturated rings. The van der Waals surface area contributed by atoms with Crippen LogP contribution in [0.2, 0.25) is 0 Å². The Kier molecular flexibility index (Phi) is 5.91. The molecule has 116 valence electrons. The van der Waals surface area contributed by atoms with Gasteiger partial charge in [0.25, 0.3) is 0 Å². The molecule has 0 spiro atoms. The van der Waals surface area contributed by atoms with E-state index in [0.717, 1.165) is 11.9 Å². The van der Waals surface area contributed by atoms with Gasteiger partial charge >= 0.3 is 6.18 Å². The molecule has 0 aromatic heterocycles. The number of rotatable bonds is 4. The Bertz CT molecular complexity index is 535. The normalized spacial score (nSPS) is 17.2. The summed E-state index contributed by atoms with van der Waals surface area (Å²) in [6, 6.07) is 0. The lowest BCUT2D eigenvalue weighted by atomic mass is 10.3. The molecule has 0 unspecified atom stereocenters. The Labute approximate surface area is 130 Å². The van der Waals surface area contributed by atoms with Gasteiger partial charge in [-0.2, -0.15) is 18.3 Å². The van der Waals surface area contributed by atoms with Crippen molar-refractivity contribution in [1.29, 1.82) is 0 Å². The van der Waals surface area contributed by atoms with E-state index in [2.05, 4.69) is 16.1 Å². The topological polar surface area (TPSA) is 31.2 Å². The van der Waals surface area contributed by atoms with Crippen molar-refractivity contribution in [1.82, 2.24) is 9.91 Å². The Balaban J connectivity index is 3.20.